The number of methoxy groups -OCH3 is 1. The zero-order valence-electron chi connectivity index (χ0n) is 9.13. The first-order chi connectivity index (χ1) is 7.13. The fraction of sp³-hybridized carbons (Fsp3) is 0.333. The third-order valence-electron chi connectivity index (χ3n) is 2.30. The molecule has 0 aliphatic heterocycles. The number of Topliss-reactive ketones (excluding diaryl/α,β-unsaturated/α-hetero) is 1. The number of nitrogens with zero attached hydrogens (tertiary/aromatic N) is 1. The van der Waals surface area contributed by atoms with Crippen LogP contribution in [0.3, 0.4) is 0 Å². The summed E-state index contributed by atoms with van der Waals surface area (Å²) in [4.78, 5) is 11.4. The van der Waals surface area contributed by atoms with Crippen LogP contribution in [0.15, 0.2) is 12.1 Å². The van der Waals surface area contributed by atoms with Gasteiger partial charge < -0.3 is 4.74 Å². The van der Waals surface area contributed by atoms with E-state index in [0.717, 1.165) is 5.56 Å². The second-order valence-electron chi connectivity index (χ2n) is 3.23. The quantitative estimate of drug-likeness (QED) is 0.708. The molecule has 0 saturated carbocycles. The average Bonchev–Trinajstić information content (AvgIpc) is 2.26. The van der Waals surface area contributed by atoms with Crippen LogP contribution in [0.5, 0.6) is 5.75 Å². The van der Waals surface area contributed by atoms with E-state index in [4.69, 9.17) is 10.00 Å². The van der Waals surface area contributed by atoms with Crippen LogP contribution < -0.4 is 4.74 Å². The summed E-state index contributed by atoms with van der Waals surface area (Å²) in [6, 6.07) is 5.48. The summed E-state index contributed by atoms with van der Waals surface area (Å²) in [5.41, 5.74) is 1.75. The minimum absolute atomic E-state index is 0.111. The summed E-state index contributed by atoms with van der Waals surface area (Å²) in [6.07, 6.45) is 0.709. The topological polar surface area (TPSA) is 50.1 Å². The Morgan fingerprint density at radius 2 is 2.20 bits per heavy atom. The van der Waals surface area contributed by atoms with E-state index < -0.39 is 0 Å². The summed E-state index contributed by atoms with van der Waals surface area (Å²) in [7, 11) is 1.55. The number of benzene rings is 1. The van der Waals surface area contributed by atoms with E-state index in [0.29, 0.717) is 23.3 Å². The number of nitriles is 1. The van der Waals surface area contributed by atoms with Gasteiger partial charge in [-0.1, -0.05) is 6.92 Å². The Balaban J connectivity index is 3.48. The molecule has 0 aromatic heterocycles. The van der Waals surface area contributed by atoms with Gasteiger partial charge in [0.2, 0.25) is 0 Å². The highest BCUT2D eigenvalue weighted by atomic mass is 16.5. The zero-order chi connectivity index (χ0) is 11.4. The molecule has 0 bridgehead atoms. The second-order valence-corrected chi connectivity index (χ2v) is 3.23. The van der Waals surface area contributed by atoms with Gasteiger partial charge in [0.1, 0.15) is 11.8 Å². The number of rotatable bonds is 3. The molecular weight excluding hydrogens is 190 g/mol. The highest BCUT2D eigenvalue weighted by molar-refractivity contribution is 5.97. The van der Waals surface area contributed by atoms with Crippen LogP contribution in [0, 0.1) is 11.3 Å². The molecule has 0 aliphatic carbocycles. The average molecular weight is 203 g/mol. The maximum atomic E-state index is 11.4. The first-order valence-corrected chi connectivity index (χ1v) is 4.76. The molecule has 0 amide bonds. The lowest BCUT2D eigenvalue weighted by Gasteiger charge is -2.08. The van der Waals surface area contributed by atoms with Crippen LogP contribution in [0.4, 0.5) is 0 Å². The monoisotopic (exact) mass is 203 g/mol. The predicted octanol–water partition coefficient (Wildman–Crippen LogP) is 2.33. The minimum Gasteiger partial charge on any atom is -0.497 e. The summed E-state index contributed by atoms with van der Waals surface area (Å²) in [5, 5.41) is 9.00. The van der Waals surface area contributed by atoms with Gasteiger partial charge in [-0.3, -0.25) is 4.79 Å². The molecule has 0 spiro atoms. The number of hydrogen-bond donors (Lipinski definition) is 0. The Morgan fingerprint density at radius 1 is 1.53 bits per heavy atom. The third kappa shape index (κ3) is 2.16. The van der Waals surface area contributed by atoms with Crippen molar-refractivity contribution in [1.82, 2.24) is 0 Å². The Kier molecular flexibility index (Phi) is 3.46. The smallest absolute Gasteiger partial charge is 0.161 e. The Bertz CT molecular complexity index is 430. The highest BCUT2D eigenvalue weighted by Gasteiger charge is 2.13. The molecule has 0 heterocycles. The number of aryl methyl sites for hydroxylation is 1. The summed E-state index contributed by atoms with van der Waals surface area (Å²) < 4.78 is 5.09. The van der Waals surface area contributed by atoms with Crippen LogP contribution in [-0.4, -0.2) is 12.9 Å². The molecule has 0 saturated heterocycles. The van der Waals surface area contributed by atoms with Gasteiger partial charge in [0, 0.05) is 5.56 Å². The van der Waals surface area contributed by atoms with Crippen molar-refractivity contribution < 1.29 is 9.53 Å². The lowest BCUT2D eigenvalue weighted by Crippen LogP contribution is -2.02. The van der Waals surface area contributed by atoms with Gasteiger partial charge >= 0.3 is 0 Å². The van der Waals surface area contributed by atoms with E-state index in [1.165, 1.54) is 6.92 Å². The van der Waals surface area contributed by atoms with Crippen molar-refractivity contribution in [1.29, 1.82) is 5.26 Å². The van der Waals surface area contributed by atoms with Gasteiger partial charge in [0.15, 0.2) is 5.78 Å². The van der Waals surface area contributed by atoms with Gasteiger partial charge in [-0.2, -0.15) is 5.26 Å². The molecule has 1 rings (SSSR count). The number of carbonyl (C=O) groups excluding carboxylic acids is 1. The molecular formula is C12H13NO2. The van der Waals surface area contributed by atoms with Crippen LogP contribution in [0.2, 0.25) is 0 Å². The van der Waals surface area contributed by atoms with Crippen molar-refractivity contribution in [3.8, 4) is 11.8 Å². The van der Waals surface area contributed by atoms with Crippen molar-refractivity contribution >= 4 is 5.78 Å². The van der Waals surface area contributed by atoms with Crippen LogP contribution in [0.1, 0.15) is 35.3 Å². The van der Waals surface area contributed by atoms with Crippen molar-refractivity contribution in [2.45, 2.75) is 20.3 Å². The fourth-order valence-electron chi connectivity index (χ4n) is 1.48. The van der Waals surface area contributed by atoms with E-state index in [-0.39, 0.29) is 5.78 Å². The second kappa shape index (κ2) is 4.61. The van der Waals surface area contributed by atoms with Crippen LogP contribution >= 0.6 is 0 Å². The largest absolute Gasteiger partial charge is 0.497 e. The summed E-state index contributed by atoms with van der Waals surface area (Å²) in [5.74, 6) is 0.510. The van der Waals surface area contributed by atoms with E-state index >= 15 is 0 Å². The van der Waals surface area contributed by atoms with E-state index in [1.54, 1.807) is 19.2 Å². The van der Waals surface area contributed by atoms with Crippen molar-refractivity contribution in [3.63, 3.8) is 0 Å². The Labute approximate surface area is 89.3 Å². The fourth-order valence-corrected chi connectivity index (χ4v) is 1.48. The molecule has 3 nitrogen and oxygen atoms in total. The zero-order valence-corrected chi connectivity index (χ0v) is 9.13. The summed E-state index contributed by atoms with van der Waals surface area (Å²) >= 11 is 0. The normalized spacial score (nSPS) is 9.47. The molecule has 0 N–H and O–H groups in total. The van der Waals surface area contributed by atoms with Crippen molar-refractivity contribution in [3.05, 3.63) is 28.8 Å². The molecule has 0 radical (unpaired) electrons. The standard InChI is InChI=1S/C12H13NO2/c1-4-9-5-10(15-3)6-11(8(2)14)12(9)7-13/h5-6H,4H2,1-3H3. The van der Waals surface area contributed by atoms with E-state index in [2.05, 4.69) is 6.07 Å². The molecule has 1 aromatic carbocycles. The maximum Gasteiger partial charge on any atom is 0.161 e. The van der Waals surface area contributed by atoms with Gasteiger partial charge in [-0.05, 0) is 31.0 Å². The third-order valence-corrected chi connectivity index (χ3v) is 2.30. The molecule has 0 aliphatic rings. The number of ether oxygens (including phenoxy) is 1. The minimum atomic E-state index is -0.111. The number of carbonyl (C=O) groups is 1. The molecule has 0 fully saturated rings. The SMILES string of the molecule is CCc1cc(OC)cc(C(C)=O)c1C#N. The van der Waals surface area contributed by atoms with Crippen LogP contribution in [0.25, 0.3) is 0 Å². The first-order valence-electron chi connectivity index (χ1n) is 4.76. The molecule has 3 heteroatoms. The molecule has 1 aromatic rings. The van der Waals surface area contributed by atoms with Crippen LogP contribution in [-0.2, 0) is 6.42 Å². The Hall–Kier alpha value is -1.82. The number of hydrogen-bond acceptors (Lipinski definition) is 3. The van der Waals surface area contributed by atoms with Crippen molar-refractivity contribution in [2.24, 2.45) is 0 Å². The predicted molar refractivity (Wildman–Crippen MR) is 57.1 cm³/mol. The molecule has 0 atom stereocenters. The molecule has 15 heavy (non-hydrogen) atoms. The Morgan fingerprint density at radius 3 is 2.60 bits per heavy atom. The molecule has 78 valence electrons. The van der Waals surface area contributed by atoms with Gasteiger partial charge in [0.25, 0.3) is 0 Å². The van der Waals surface area contributed by atoms with Gasteiger partial charge in [-0.15, -0.1) is 0 Å². The highest BCUT2D eigenvalue weighted by Crippen LogP contribution is 2.23. The lowest BCUT2D eigenvalue weighted by molar-refractivity contribution is 0.101. The lowest BCUT2D eigenvalue weighted by atomic mass is 9.97. The molecule has 0 unspecified atom stereocenters. The summed E-state index contributed by atoms with van der Waals surface area (Å²) in [6.45, 7) is 3.40. The van der Waals surface area contributed by atoms with Gasteiger partial charge in [0.05, 0.1) is 12.7 Å². The van der Waals surface area contributed by atoms with Gasteiger partial charge in [-0.25, -0.2) is 0 Å². The van der Waals surface area contributed by atoms with E-state index in [1.807, 2.05) is 6.92 Å². The maximum absolute atomic E-state index is 11.4. The first kappa shape index (κ1) is 11.3. The number of ketones is 1. The van der Waals surface area contributed by atoms with E-state index in [9.17, 15) is 4.79 Å². The van der Waals surface area contributed by atoms with Crippen molar-refractivity contribution in [2.75, 3.05) is 7.11 Å².